The highest BCUT2D eigenvalue weighted by Gasteiger charge is 2.30. The molecule has 98 valence electrons. The van der Waals surface area contributed by atoms with E-state index < -0.39 is 0 Å². The first-order chi connectivity index (χ1) is 8.72. The molecule has 1 N–H and O–H groups in total. The van der Waals surface area contributed by atoms with Crippen LogP contribution in [0.1, 0.15) is 18.9 Å². The SMILES string of the molecule is CCN1SCCC1C(=O)NCc1ccccc1Cl. The Morgan fingerprint density at radius 2 is 2.33 bits per heavy atom. The number of likely N-dealkylation sites (N-methyl/N-ethyl adjacent to an activating group) is 1. The molecule has 5 heteroatoms. The second kappa shape index (κ2) is 6.45. The third-order valence-electron chi connectivity index (χ3n) is 3.02. The summed E-state index contributed by atoms with van der Waals surface area (Å²) in [6.07, 6.45) is 0.923. The van der Waals surface area contributed by atoms with Crippen molar-refractivity contribution in [3.05, 3.63) is 34.9 Å². The maximum absolute atomic E-state index is 12.1. The number of nitrogens with zero attached hydrogens (tertiary/aromatic N) is 1. The second-order valence-corrected chi connectivity index (χ2v) is 5.72. The summed E-state index contributed by atoms with van der Waals surface area (Å²) in [7, 11) is 0. The lowest BCUT2D eigenvalue weighted by Crippen LogP contribution is -2.40. The fraction of sp³-hybridized carbons (Fsp3) is 0.462. The molecule has 1 amide bonds. The van der Waals surface area contributed by atoms with Crippen molar-refractivity contribution in [1.82, 2.24) is 9.62 Å². The molecule has 0 saturated carbocycles. The van der Waals surface area contributed by atoms with E-state index in [0.29, 0.717) is 11.6 Å². The first kappa shape index (κ1) is 13.7. The maximum atomic E-state index is 12.1. The van der Waals surface area contributed by atoms with E-state index in [4.69, 9.17) is 11.6 Å². The molecule has 1 unspecified atom stereocenters. The van der Waals surface area contributed by atoms with Crippen molar-refractivity contribution in [2.24, 2.45) is 0 Å². The molecule has 0 aromatic heterocycles. The number of hydrogen-bond donors (Lipinski definition) is 1. The van der Waals surface area contributed by atoms with Crippen molar-refractivity contribution >= 4 is 29.5 Å². The standard InChI is InChI=1S/C13H17ClN2OS/c1-2-16-12(7-8-18-16)13(17)15-9-10-5-3-4-6-11(10)14/h3-6,12H,2,7-9H2,1H3,(H,15,17). The van der Waals surface area contributed by atoms with Crippen LogP contribution in [0.15, 0.2) is 24.3 Å². The molecule has 1 heterocycles. The third kappa shape index (κ3) is 3.19. The summed E-state index contributed by atoms with van der Waals surface area (Å²) in [6.45, 7) is 3.47. The monoisotopic (exact) mass is 284 g/mol. The van der Waals surface area contributed by atoms with Crippen LogP contribution in [-0.2, 0) is 11.3 Å². The number of carbonyl (C=O) groups is 1. The zero-order valence-electron chi connectivity index (χ0n) is 10.4. The van der Waals surface area contributed by atoms with Crippen LogP contribution in [0.4, 0.5) is 0 Å². The fourth-order valence-electron chi connectivity index (χ4n) is 2.03. The van der Waals surface area contributed by atoms with Gasteiger partial charge in [0.15, 0.2) is 0 Å². The summed E-state index contributed by atoms with van der Waals surface area (Å²) in [5, 5.41) is 3.67. The van der Waals surface area contributed by atoms with Crippen LogP contribution < -0.4 is 5.32 Å². The molecule has 0 aliphatic carbocycles. The van der Waals surface area contributed by atoms with Crippen LogP contribution in [0.25, 0.3) is 0 Å². The van der Waals surface area contributed by atoms with Gasteiger partial charge < -0.3 is 5.32 Å². The van der Waals surface area contributed by atoms with Crippen LogP contribution in [-0.4, -0.2) is 28.6 Å². The quantitative estimate of drug-likeness (QED) is 0.863. The van der Waals surface area contributed by atoms with Crippen LogP contribution in [0, 0.1) is 0 Å². The minimum absolute atomic E-state index is 0.00230. The molecule has 1 saturated heterocycles. The Bertz CT molecular complexity index is 427. The Balaban J connectivity index is 1.90. The Kier molecular flexibility index (Phi) is 4.92. The van der Waals surface area contributed by atoms with E-state index >= 15 is 0 Å². The molecule has 1 aliphatic heterocycles. The number of benzene rings is 1. The molecule has 0 spiro atoms. The van der Waals surface area contributed by atoms with Crippen LogP contribution >= 0.6 is 23.5 Å². The van der Waals surface area contributed by atoms with Gasteiger partial charge in [0.1, 0.15) is 0 Å². The van der Waals surface area contributed by atoms with Crippen molar-refractivity contribution in [3.63, 3.8) is 0 Å². The molecule has 0 bridgehead atoms. The number of rotatable bonds is 4. The average Bonchev–Trinajstić information content (AvgIpc) is 2.86. The molecular weight excluding hydrogens is 268 g/mol. The largest absolute Gasteiger partial charge is 0.351 e. The molecule has 1 aromatic carbocycles. The number of nitrogens with one attached hydrogen (secondary N) is 1. The van der Waals surface area contributed by atoms with Gasteiger partial charge in [-0.25, -0.2) is 4.31 Å². The Labute approximate surface area is 117 Å². The highest BCUT2D eigenvalue weighted by atomic mass is 35.5. The molecule has 1 aromatic rings. The molecule has 1 fully saturated rings. The van der Waals surface area contributed by atoms with Gasteiger partial charge in [-0.05, 0) is 18.1 Å². The lowest BCUT2D eigenvalue weighted by Gasteiger charge is -2.20. The summed E-state index contributed by atoms with van der Waals surface area (Å²) in [4.78, 5) is 12.1. The van der Waals surface area contributed by atoms with Crippen LogP contribution in [0.2, 0.25) is 5.02 Å². The van der Waals surface area contributed by atoms with Crippen molar-refractivity contribution in [3.8, 4) is 0 Å². The first-order valence-electron chi connectivity index (χ1n) is 6.13. The van der Waals surface area contributed by atoms with Crippen molar-refractivity contribution < 1.29 is 4.79 Å². The second-order valence-electron chi connectivity index (χ2n) is 4.18. The van der Waals surface area contributed by atoms with Gasteiger partial charge in [-0.1, -0.05) is 48.7 Å². The molecule has 18 heavy (non-hydrogen) atoms. The molecule has 1 aliphatic rings. The van der Waals surface area contributed by atoms with E-state index in [1.165, 1.54) is 0 Å². The van der Waals surface area contributed by atoms with Crippen molar-refractivity contribution in [1.29, 1.82) is 0 Å². The van der Waals surface area contributed by atoms with Crippen LogP contribution in [0.3, 0.4) is 0 Å². The molecule has 3 nitrogen and oxygen atoms in total. The molecule has 2 rings (SSSR count). The van der Waals surface area contributed by atoms with E-state index in [1.54, 1.807) is 11.9 Å². The van der Waals surface area contributed by atoms with Gasteiger partial charge in [0.05, 0.1) is 6.04 Å². The molecular formula is C13H17ClN2OS. The Morgan fingerprint density at radius 3 is 3.06 bits per heavy atom. The number of amides is 1. The van der Waals surface area contributed by atoms with Gasteiger partial charge in [-0.3, -0.25) is 4.79 Å². The van der Waals surface area contributed by atoms with Gasteiger partial charge in [0.25, 0.3) is 0 Å². The lowest BCUT2D eigenvalue weighted by molar-refractivity contribution is -0.124. The van der Waals surface area contributed by atoms with Crippen LogP contribution in [0.5, 0.6) is 0 Å². The molecule has 0 radical (unpaired) electrons. The van der Waals surface area contributed by atoms with Gasteiger partial charge in [-0.2, -0.15) is 0 Å². The minimum Gasteiger partial charge on any atom is -0.351 e. The summed E-state index contributed by atoms with van der Waals surface area (Å²) in [5.74, 6) is 1.12. The summed E-state index contributed by atoms with van der Waals surface area (Å²) in [6, 6.07) is 7.59. The normalized spacial score (nSPS) is 20.0. The van der Waals surface area contributed by atoms with Gasteiger partial charge in [-0.15, -0.1) is 0 Å². The summed E-state index contributed by atoms with van der Waals surface area (Å²) in [5.41, 5.74) is 0.959. The Hall–Kier alpha value is -0.710. The number of hydrogen-bond acceptors (Lipinski definition) is 3. The van der Waals surface area contributed by atoms with E-state index in [2.05, 4.69) is 16.5 Å². The van der Waals surface area contributed by atoms with E-state index in [0.717, 1.165) is 24.3 Å². The van der Waals surface area contributed by atoms with Crippen molar-refractivity contribution in [2.45, 2.75) is 25.9 Å². The highest BCUT2D eigenvalue weighted by Crippen LogP contribution is 2.26. The Morgan fingerprint density at radius 1 is 1.56 bits per heavy atom. The molecule has 1 atom stereocenters. The van der Waals surface area contributed by atoms with Gasteiger partial charge in [0, 0.05) is 23.9 Å². The van der Waals surface area contributed by atoms with Gasteiger partial charge in [0.2, 0.25) is 5.91 Å². The topological polar surface area (TPSA) is 32.3 Å². The summed E-state index contributed by atoms with van der Waals surface area (Å²) < 4.78 is 2.14. The predicted octanol–water partition coefficient (Wildman–Crippen LogP) is 2.70. The average molecular weight is 285 g/mol. The van der Waals surface area contributed by atoms with E-state index in [1.807, 2.05) is 24.3 Å². The number of halogens is 1. The maximum Gasteiger partial charge on any atom is 0.238 e. The zero-order valence-corrected chi connectivity index (χ0v) is 11.9. The van der Waals surface area contributed by atoms with E-state index in [-0.39, 0.29) is 11.9 Å². The lowest BCUT2D eigenvalue weighted by atomic mass is 10.2. The predicted molar refractivity (Wildman–Crippen MR) is 76.5 cm³/mol. The smallest absolute Gasteiger partial charge is 0.238 e. The highest BCUT2D eigenvalue weighted by molar-refractivity contribution is 7.97. The minimum atomic E-state index is 0.00230. The first-order valence-corrected chi connectivity index (χ1v) is 7.45. The fourth-order valence-corrected chi connectivity index (χ4v) is 3.36. The van der Waals surface area contributed by atoms with Crippen molar-refractivity contribution in [2.75, 3.05) is 12.3 Å². The van der Waals surface area contributed by atoms with Gasteiger partial charge >= 0.3 is 0 Å². The zero-order chi connectivity index (χ0) is 13.0. The third-order valence-corrected chi connectivity index (χ3v) is 4.65. The van der Waals surface area contributed by atoms with E-state index in [9.17, 15) is 4.79 Å². The number of carbonyl (C=O) groups excluding carboxylic acids is 1. The summed E-state index contributed by atoms with van der Waals surface area (Å²) >= 11 is 7.81.